The van der Waals surface area contributed by atoms with Gasteiger partial charge in [0.1, 0.15) is 5.82 Å². The van der Waals surface area contributed by atoms with Gasteiger partial charge in [-0.3, -0.25) is 9.69 Å². The zero-order valence-electron chi connectivity index (χ0n) is 18.3. The Morgan fingerprint density at radius 1 is 1.17 bits per heavy atom. The van der Waals surface area contributed by atoms with Gasteiger partial charge in [-0.15, -0.1) is 0 Å². The Labute approximate surface area is 179 Å². The molecule has 5 nitrogen and oxygen atoms in total. The van der Waals surface area contributed by atoms with Crippen LogP contribution >= 0.6 is 0 Å². The zero-order valence-corrected chi connectivity index (χ0v) is 18.3. The predicted octanol–water partition coefficient (Wildman–Crippen LogP) is 3.66. The van der Waals surface area contributed by atoms with Gasteiger partial charge in [-0.05, 0) is 70.1 Å². The summed E-state index contributed by atoms with van der Waals surface area (Å²) < 4.78 is 25.3. The standard InChI is InChI=1S/C24H35FN2O3/c1-23(2)15-19(8-14-29-23)22(28)26-16-21-7-9-24(30-21)10-12-27(13-11-24)17-18-3-5-20(25)6-4-18/h3-6,19,21H,7-17H2,1-2H3,(H,26,28). The lowest BCUT2D eigenvalue weighted by Crippen LogP contribution is -2.46. The number of benzene rings is 1. The summed E-state index contributed by atoms with van der Waals surface area (Å²) in [6, 6.07) is 6.79. The molecule has 4 rings (SSSR count). The first-order chi connectivity index (χ1) is 14.3. The van der Waals surface area contributed by atoms with Crippen LogP contribution in [0.1, 0.15) is 57.9 Å². The first-order valence-corrected chi connectivity index (χ1v) is 11.4. The number of nitrogens with one attached hydrogen (secondary N) is 1. The highest BCUT2D eigenvalue weighted by atomic mass is 19.1. The van der Waals surface area contributed by atoms with E-state index in [0.717, 1.165) is 63.7 Å². The van der Waals surface area contributed by atoms with Gasteiger partial charge < -0.3 is 14.8 Å². The van der Waals surface area contributed by atoms with Crippen molar-refractivity contribution in [3.05, 3.63) is 35.6 Å². The van der Waals surface area contributed by atoms with Crippen LogP contribution in [0.25, 0.3) is 0 Å². The maximum atomic E-state index is 13.1. The number of likely N-dealkylation sites (tertiary alicyclic amines) is 1. The van der Waals surface area contributed by atoms with Crippen LogP contribution in [0.2, 0.25) is 0 Å². The van der Waals surface area contributed by atoms with Gasteiger partial charge in [-0.2, -0.15) is 0 Å². The van der Waals surface area contributed by atoms with Crippen molar-refractivity contribution in [1.29, 1.82) is 0 Å². The number of amides is 1. The van der Waals surface area contributed by atoms with Crippen LogP contribution < -0.4 is 5.32 Å². The molecule has 2 unspecified atom stereocenters. The monoisotopic (exact) mass is 418 g/mol. The van der Waals surface area contributed by atoms with E-state index in [9.17, 15) is 9.18 Å². The van der Waals surface area contributed by atoms with Crippen molar-refractivity contribution in [2.45, 2.75) is 76.2 Å². The molecule has 1 N–H and O–H groups in total. The number of rotatable bonds is 5. The van der Waals surface area contributed by atoms with Gasteiger partial charge in [0, 0.05) is 38.7 Å². The topological polar surface area (TPSA) is 50.8 Å². The van der Waals surface area contributed by atoms with Gasteiger partial charge in [0.25, 0.3) is 0 Å². The number of halogens is 1. The highest BCUT2D eigenvalue weighted by Gasteiger charge is 2.42. The highest BCUT2D eigenvalue weighted by Crippen LogP contribution is 2.39. The molecule has 3 aliphatic heterocycles. The predicted molar refractivity (Wildman–Crippen MR) is 114 cm³/mol. The summed E-state index contributed by atoms with van der Waals surface area (Å²) in [5.41, 5.74) is 0.905. The summed E-state index contributed by atoms with van der Waals surface area (Å²) in [5.74, 6) is -0.00164. The molecule has 1 spiro atoms. The van der Waals surface area contributed by atoms with E-state index in [-0.39, 0.29) is 34.9 Å². The second-order valence-electron chi connectivity index (χ2n) is 9.91. The SMILES string of the molecule is CC1(C)CC(C(=O)NCC2CCC3(CCN(Cc4ccc(F)cc4)CC3)O2)CCO1. The summed E-state index contributed by atoms with van der Waals surface area (Å²) in [4.78, 5) is 15.0. The van der Waals surface area contributed by atoms with Gasteiger partial charge in [0.15, 0.2) is 0 Å². The van der Waals surface area contributed by atoms with Gasteiger partial charge in [0.2, 0.25) is 5.91 Å². The molecule has 3 fully saturated rings. The molecule has 0 bridgehead atoms. The van der Waals surface area contributed by atoms with Crippen molar-refractivity contribution in [3.63, 3.8) is 0 Å². The van der Waals surface area contributed by atoms with Crippen LogP contribution in [0.15, 0.2) is 24.3 Å². The minimum atomic E-state index is -0.212. The summed E-state index contributed by atoms with van der Waals surface area (Å²) in [7, 11) is 0. The summed E-state index contributed by atoms with van der Waals surface area (Å²) in [6.45, 7) is 8.22. The molecule has 0 saturated carbocycles. The molecular formula is C24H35FN2O3. The van der Waals surface area contributed by atoms with Gasteiger partial charge >= 0.3 is 0 Å². The summed E-state index contributed by atoms with van der Waals surface area (Å²) >= 11 is 0. The van der Waals surface area contributed by atoms with E-state index in [1.54, 1.807) is 0 Å². The molecule has 6 heteroatoms. The molecule has 3 aliphatic rings. The lowest BCUT2D eigenvalue weighted by molar-refractivity contribution is -0.136. The molecule has 2 atom stereocenters. The number of piperidine rings is 1. The van der Waals surface area contributed by atoms with Crippen molar-refractivity contribution in [2.24, 2.45) is 5.92 Å². The third-order valence-electron chi connectivity index (χ3n) is 7.00. The lowest BCUT2D eigenvalue weighted by Gasteiger charge is -2.39. The van der Waals surface area contributed by atoms with E-state index >= 15 is 0 Å². The fraction of sp³-hybridized carbons (Fsp3) is 0.708. The Hall–Kier alpha value is -1.50. The van der Waals surface area contributed by atoms with Crippen LogP contribution in [-0.4, -0.2) is 54.4 Å². The third-order valence-corrected chi connectivity index (χ3v) is 7.00. The number of hydrogen-bond acceptors (Lipinski definition) is 4. The zero-order chi connectivity index (χ0) is 21.2. The fourth-order valence-electron chi connectivity index (χ4n) is 5.19. The lowest BCUT2D eigenvalue weighted by atomic mass is 9.87. The van der Waals surface area contributed by atoms with Crippen molar-refractivity contribution < 1.29 is 18.7 Å². The average Bonchev–Trinajstić information content (AvgIpc) is 3.12. The van der Waals surface area contributed by atoms with E-state index in [1.807, 2.05) is 12.1 Å². The van der Waals surface area contributed by atoms with E-state index < -0.39 is 0 Å². The highest BCUT2D eigenvalue weighted by molar-refractivity contribution is 5.78. The quantitative estimate of drug-likeness (QED) is 0.793. The van der Waals surface area contributed by atoms with Crippen molar-refractivity contribution in [3.8, 4) is 0 Å². The van der Waals surface area contributed by atoms with Crippen LogP contribution in [0, 0.1) is 11.7 Å². The molecule has 1 aromatic carbocycles. The second kappa shape index (κ2) is 8.93. The van der Waals surface area contributed by atoms with Crippen LogP contribution in [0.5, 0.6) is 0 Å². The van der Waals surface area contributed by atoms with E-state index in [2.05, 4.69) is 24.1 Å². The van der Waals surface area contributed by atoms with Crippen LogP contribution in [0.3, 0.4) is 0 Å². The normalized spacial score (nSPS) is 28.5. The smallest absolute Gasteiger partial charge is 0.223 e. The Bertz CT molecular complexity index is 728. The van der Waals surface area contributed by atoms with Crippen molar-refractivity contribution in [2.75, 3.05) is 26.2 Å². The molecular weight excluding hydrogens is 383 g/mol. The van der Waals surface area contributed by atoms with Gasteiger partial charge in [0.05, 0.1) is 17.3 Å². The molecule has 0 radical (unpaired) electrons. The largest absolute Gasteiger partial charge is 0.376 e. The second-order valence-corrected chi connectivity index (χ2v) is 9.91. The molecule has 166 valence electrons. The Balaban J connectivity index is 1.20. The summed E-state index contributed by atoms with van der Waals surface area (Å²) in [6.07, 6.45) is 5.82. The summed E-state index contributed by atoms with van der Waals surface area (Å²) in [5, 5.41) is 3.14. The van der Waals surface area contributed by atoms with Crippen molar-refractivity contribution >= 4 is 5.91 Å². The number of ether oxygens (including phenoxy) is 2. The molecule has 30 heavy (non-hydrogen) atoms. The first kappa shape index (κ1) is 21.7. The number of carbonyl (C=O) groups excluding carboxylic acids is 1. The minimum Gasteiger partial charge on any atom is -0.376 e. The van der Waals surface area contributed by atoms with Crippen molar-refractivity contribution in [1.82, 2.24) is 10.2 Å². The Morgan fingerprint density at radius 2 is 1.90 bits per heavy atom. The average molecular weight is 419 g/mol. The Kier molecular flexibility index (Phi) is 6.47. The third kappa shape index (κ3) is 5.40. The minimum absolute atomic E-state index is 0.0324. The fourth-order valence-corrected chi connectivity index (χ4v) is 5.19. The Morgan fingerprint density at radius 3 is 2.60 bits per heavy atom. The molecule has 0 aromatic heterocycles. The van der Waals surface area contributed by atoms with Gasteiger partial charge in [-0.1, -0.05) is 12.1 Å². The van der Waals surface area contributed by atoms with Crippen LogP contribution in [-0.2, 0) is 20.8 Å². The molecule has 3 heterocycles. The van der Waals surface area contributed by atoms with E-state index in [4.69, 9.17) is 9.47 Å². The first-order valence-electron chi connectivity index (χ1n) is 11.4. The maximum Gasteiger partial charge on any atom is 0.223 e. The molecule has 0 aliphatic carbocycles. The number of carbonyl (C=O) groups is 1. The van der Waals surface area contributed by atoms with E-state index in [0.29, 0.717) is 13.2 Å². The van der Waals surface area contributed by atoms with Gasteiger partial charge in [-0.25, -0.2) is 4.39 Å². The molecule has 1 amide bonds. The molecule has 3 saturated heterocycles. The number of hydrogen-bond donors (Lipinski definition) is 1. The van der Waals surface area contributed by atoms with Crippen LogP contribution in [0.4, 0.5) is 4.39 Å². The van der Waals surface area contributed by atoms with E-state index in [1.165, 1.54) is 12.1 Å². The number of nitrogens with zero attached hydrogens (tertiary/aromatic N) is 1. The molecule has 1 aromatic rings. The maximum absolute atomic E-state index is 13.1.